The molecule has 2 N–H and O–H groups in total. The van der Waals surface area contributed by atoms with Gasteiger partial charge in [0.2, 0.25) is 0 Å². The first-order valence-corrected chi connectivity index (χ1v) is 5.01. The maximum absolute atomic E-state index is 5.96. The monoisotopic (exact) mass is 175 g/mol. The molecule has 1 fully saturated rings. The van der Waals surface area contributed by atoms with Crippen LogP contribution in [0.3, 0.4) is 0 Å². The van der Waals surface area contributed by atoms with Crippen LogP contribution in [0.5, 0.6) is 0 Å². The zero-order chi connectivity index (χ0) is 9.42. The molecule has 1 aromatic carbocycles. The van der Waals surface area contributed by atoms with Gasteiger partial charge in [0.1, 0.15) is 0 Å². The Hall–Kier alpha value is -0.820. The van der Waals surface area contributed by atoms with E-state index in [9.17, 15) is 0 Å². The van der Waals surface area contributed by atoms with E-state index in [1.165, 1.54) is 29.5 Å². The van der Waals surface area contributed by atoms with E-state index in [0.717, 1.165) is 0 Å². The van der Waals surface area contributed by atoms with Crippen LogP contribution in [0.4, 0.5) is 0 Å². The summed E-state index contributed by atoms with van der Waals surface area (Å²) >= 11 is 0. The molecule has 0 aliphatic heterocycles. The third kappa shape index (κ3) is 1.49. The first-order chi connectivity index (χ1) is 6.18. The molecule has 0 aromatic heterocycles. The molecule has 0 heterocycles. The van der Waals surface area contributed by atoms with E-state index in [0.29, 0.717) is 12.0 Å². The number of benzene rings is 1. The van der Waals surface area contributed by atoms with Crippen LogP contribution in [-0.4, -0.2) is 6.04 Å². The van der Waals surface area contributed by atoms with Gasteiger partial charge in [0.15, 0.2) is 0 Å². The molecule has 0 spiro atoms. The van der Waals surface area contributed by atoms with Crippen molar-refractivity contribution in [2.45, 2.75) is 38.6 Å². The van der Waals surface area contributed by atoms with Crippen molar-refractivity contribution in [2.24, 2.45) is 5.73 Å². The summed E-state index contributed by atoms with van der Waals surface area (Å²) in [5.41, 5.74) is 10.2. The standard InChI is InChI=1S/C12H17N/c1-8-3-4-10(9(2)7-8)11-5-6-12(11)13/h3-4,7,11-12H,5-6,13H2,1-2H3/t11-,12+/m0/s1. The first kappa shape index (κ1) is 8.76. The molecule has 2 atom stereocenters. The molecule has 0 unspecified atom stereocenters. The van der Waals surface area contributed by atoms with Crippen molar-refractivity contribution in [3.63, 3.8) is 0 Å². The molecule has 2 rings (SSSR count). The Morgan fingerprint density at radius 3 is 2.46 bits per heavy atom. The maximum Gasteiger partial charge on any atom is 0.0108 e. The molecule has 1 heteroatoms. The molecule has 1 aliphatic carbocycles. The largest absolute Gasteiger partial charge is 0.327 e. The second-order valence-electron chi connectivity index (χ2n) is 4.21. The Bertz CT molecular complexity index is 317. The summed E-state index contributed by atoms with van der Waals surface area (Å²) in [6.07, 6.45) is 2.46. The molecule has 0 saturated heterocycles. The Labute approximate surface area is 80.0 Å². The predicted octanol–water partition coefficient (Wildman–Crippen LogP) is 2.51. The fraction of sp³-hybridized carbons (Fsp3) is 0.500. The summed E-state index contributed by atoms with van der Waals surface area (Å²) < 4.78 is 0. The number of rotatable bonds is 1. The summed E-state index contributed by atoms with van der Waals surface area (Å²) in [7, 11) is 0. The molecule has 13 heavy (non-hydrogen) atoms. The topological polar surface area (TPSA) is 26.0 Å². The third-order valence-corrected chi connectivity index (χ3v) is 3.15. The molecule has 70 valence electrons. The van der Waals surface area contributed by atoms with Gasteiger partial charge < -0.3 is 5.73 Å². The summed E-state index contributed by atoms with van der Waals surface area (Å²) in [6.45, 7) is 4.32. The second kappa shape index (κ2) is 3.15. The van der Waals surface area contributed by atoms with Crippen LogP contribution in [0.2, 0.25) is 0 Å². The Kier molecular flexibility index (Phi) is 2.12. The van der Waals surface area contributed by atoms with Crippen molar-refractivity contribution in [2.75, 3.05) is 0 Å². The lowest BCUT2D eigenvalue weighted by Gasteiger charge is -2.35. The van der Waals surface area contributed by atoms with Gasteiger partial charge in [0, 0.05) is 6.04 Å². The van der Waals surface area contributed by atoms with Gasteiger partial charge in [0.25, 0.3) is 0 Å². The number of hydrogen-bond acceptors (Lipinski definition) is 1. The van der Waals surface area contributed by atoms with E-state index >= 15 is 0 Å². The molecular weight excluding hydrogens is 158 g/mol. The third-order valence-electron chi connectivity index (χ3n) is 3.15. The first-order valence-electron chi connectivity index (χ1n) is 5.01. The fourth-order valence-corrected chi connectivity index (χ4v) is 2.15. The highest BCUT2D eigenvalue weighted by Crippen LogP contribution is 2.37. The van der Waals surface area contributed by atoms with Gasteiger partial charge in [-0.25, -0.2) is 0 Å². The summed E-state index contributed by atoms with van der Waals surface area (Å²) in [5.74, 6) is 0.626. The minimum absolute atomic E-state index is 0.404. The average Bonchev–Trinajstić information content (AvgIpc) is 2.07. The lowest BCUT2D eigenvalue weighted by Crippen LogP contribution is -2.37. The van der Waals surface area contributed by atoms with Crippen molar-refractivity contribution >= 4 is 0 Å². The fourth-order valence-electron chi connectivity index (χ4n) is 2.15. The van der Waals surface area contributed by atoms with E-state index in [1.807, 2.05) is 0 Å². The highest BCUT2D eigenvalue weighted by atomic mass is 14.7. The SMILES string of the molecule is Cc1ccc([C@@H]2CC[C@H]2N)c(C)c1. The molecule has 1 aliphatic rings. The van der Waals surface area contributed by atoms with Crippen molar-refractivity contribution < 1.29 is 0 Å². The van der Waals surface area contributed by atoms with Crippen LogP contribution >= 0.6 is 0 Å². The number of aryl methyl sites for hydroxylation is 2. The van der Waals surface area contributed by atoms with Crippen LogP contribution in [0, 0.1) is 13.8 Å². The predicted molar refractivity (Wildman–Crippen MR) is 55.9 cm³/mol. The average molecular weight is 175 g/mol. The molecule has 1 saturated carbocycles. The lowest BCUT2D eigenvalue weighted by molar-refractivity contribution is 0.345. The molecule has 1 aromatic rings. The Morgan fingerprint density at radius 1 is 1.23 bits per heavy atom. The number of hydrogen-bond donors (Lipinski definition) is 1. The molecule has 0 radical (unpaired) electrons. The lowest BCUT2D eigenvalue weighted by atomic mass is 9.74. The van der Waals surface area contributed by atoms with E-state index in [1.54, 1.807) is 0 Å². The van der Waals surface area contributed by atoms with E-state index in [-0.39, 0.29) is 0 Å². The van der Waals surface area contributed by atoms with Crippen molar-refractivity contribution in [1.29, 1.82) is 0 Å². The van der Waals surface area contributed by atoms with Gasteiger partial charge in [-0.05, 0) is 43.7 Å². The van der Waals surface area contributed by atoms with Crippen molar-refractivity contribution in [1.82, 2.24) is 0 Å². The van der Waals surface area contributed by atoms with Gasteiger partial charge in [-0.1, -0.05) is 23.8 Å². The van der Waals surface area contributed by atoms with Crippen LogP contribution in [-0.2, 0) is 0 Å². The van der Waals surface area contributed by atoms with Gasteiger partial charge in [-0.2, -0.15) is 0 Å². The van der Waals surface area contributed by atoms with Gasteiger partial charge >= 0.3 is 0 Å². The second-order valence-corrected chi connectivity index (χ2v) is 4.21. The van der Waals surface area contributed by atoms with Gasteiger partial charge in [0.05, 0.1) is 0 Å². The minimum Gasteiger partial charge on any atom is -0.327 e. The Balaban J connectivity index is 2.30. The molecule has 1 nitrogen and oxygen atoms in total. The smallest absolute Gasteiger partial charge is 0.0108 e. The highest BCUT2D eigenvalue weighted by molar-refractivity contribution is 5.35. The van der Waals surface area contributed by atoms with Gasteiger partial charge in [-0.3, -0.25) is 0 Å². The highest BCUT2D eigenvalue weighted by Gasteiger charge is 2.29. The minimum atomic E-state index is 0.404. The summed E-state index contributed by atoms with van der Waals surface area (Å²) in [6, 6.07) is 7.09. The van der Waals surface area contributed by atoms with Crippen LogP contribution in [0.25, 0.3) is 0 Å². The van der Waals surface area contributed by atoms with E-state index < -0.39 is 0 Å². The van der Waals surface area contributed by atoms with Crippen LogP contribution < -0.4 is 5.73 Å². The maximum atomic E-state index is 5.96. The van der Waals surface area contributed by atoms with Crippen LogP contribution in [0.1, 0.15) is 35.4 Å². The normalized spacial score (nSPS) is 27.0. The molecular formula is C12H17N. The Morgan fingerprint density at radius 2 is 2.00 bits per heavy atom. The summed E-state index contributed by atoms with van der Waals surface area (Å²) in [5, 5.41) is 0. The van der Waals surface area contributed by atoms with Gasteiger partial charge in [-0.15, -0.1) is 0 Å². The molecule has 0 amide bonds. The zero-order valence-corrected chi connectivity index (χ0v) is 8.38. The van der Waals surface area contributed by atoms with Crippen molar-refractivity contribution in [3.8, 4) is 0 Å². The summed E-state index contributed by atoms with van der Waals surface area (Å²) in [4.78, 5) is 0. The van der Waals surface area contributed by atoms with E-state index in [2.05, 4.69) is 32.0 Å². The molecule has 0 bridgehead atoms. The van der Waals surface area contributed by atoms with Crippen molar-refractivity contribution in [3.05, 3.63) is 34.9 Å². The van der Waals surface area contributed by atoms with Crippen LogP contribution in [0.15, 0.2) is 18.2 Å². The number of nitrogens with two attached hydrogens (primary N) is 1. The van der Waals surface area contributed by atoms with E-state index in [4.69, 9.17) is 5.73 Å². The zero-order valence-electron chi connectivity index (χ0n) is 8.38. The quantitative estimate of drug-likeness (QED) is 0.697.